The highest BCUT2D eigenvalue weighted by Gasteiger charge is 2.37. The summed E-state index contributed by atoms with van der Waals surface area (Å²) < 4.78 is 0. The quantitative estimate of drug-likeness (QED) is 0.704. The zero-order valence-corrected chi connectivity index (χ0v) is 12.2. The van der Waals surface area contributed by atoms with Gasteiger partial charge in [0.1, 0.15) is 0 Å². The average molecular weight is 283 g/mol. The predicted octanol–water partition coefficient (Wildman–Crippen LogP) is 1.02. The summed E-state index contributed by atoms with van der Waals surface area (Å²) in [7, 11) is 2.08. The Morgan fingerprint density at radius 3 is 2.60 bits per heavy atom. The fourth-order valence-corrected chi connectivity index (χ4v) is 3.40. The van der Waals surface area contributed by atoms with Gasteiger partial charge in [-0.05, 0) is 38.8 Å². The first-order valence-electron chi connectivity index (χ1n) is 7.45. The lowest BCUT2D eigenvalue weighted by Gasteiger charge is -2.29. The van der Waals surface area contributed by atoms with Crippen molar-refractivity contribution in [1.82, 2.24) is 15.5 Å². The third kappa shape index (κ3) is 4.10. The molecular formula is C14H25N3O3. The molecule has 2 aliphatic rings. The van der Waals surface area contributed by atoms with E-state index in [0.29, 0.717) is 12.5 Å². The smallest absolute Gasteiger partial charge is 0.315 e. The van der Waals surface area contributed by atoms with Crippen LogP contribution in [0.2, 0.25) is 0 Å². The first kappa shape index (κ1) is 15.1. The second kappa shape index (κ2) is 6.43. The molecule has 6 heteroatoms. The van der Waals surface area contributed by atoms with Crippen molar-refractivity contribution < 1.29 is 14.7 Å². The van der Waals surface area contributed by atoms with Crippen LogP contribution in [0.1, 0.15) is 38.5 Å². The summed E-state index contributed by atoms with van der Waals surface area (Å²) in [6, 6.07) is -0.220. The number of amides is 2. The van der Waals surface area contributed by atoms with Crippen molar-refractivity contribution in [3.8, 4) is 0 Å². The first-order chi connectivity index (χ1) is 9.49. The number of rotatable bonds is 5. The van der Waals surface area contributed by atoms with Gasteiger partial charge < -0.3 is 20.6 Å². The van der Waals surface area contributed by atoms with Crippen molar-refractivity contribution in [3.05, 3.63) is 0 Å². The van der Waals surface area contributed by atoms with Gasteiger partial charge in [-0.25, -0.2) is 4.79 Å². The van der Waals surface area contributed by atoms with Crippen LogP contribution in [0.3, 0.4) is 0 Å². The number of likely N-dealkylation sites (tertiary alicyclic amines) is 1. The van der Waals surface area contributed by atoms with Crippen molar-refractivity contribution in [3.63, 3.8) is 0 Å². The van der Waals surface area contributed by atoms with E-state index in [4.69, 9.17) is 5.11 Å². The number of urea groups is 1. The molecular weight excluding hydrogens is 258 g/mol. The summed E-state index contributed by atoms with van der Waals surface area (Å²) in [5.74, 6) is -0.339. The first-order valence-corrected chi connectivity index (χ1v) is 7.45. The third-order valence-corrected chi connectivity index (χ3v) is 4.47. The van der Waals surface area contributed by atoms with E-state index in [1.807, 2.05) is 0 Å². The zero-order valence-electron chi connectivity index (χ0n) is 12.2. The summed E-state index contributed by atoms with van der Waals surface area (Å²) in [6.45, 7) is 2.76. The Kier molecular flexibility index (Phi) is 4.86. The number of aliphatic carboxylic acids is 1. The number of nitrogens with one attached hydrogen (secondary N) is 2. The lowest BCUT2D eigenvalue weighted by molar-refractivity contribution is -0.138. The highest BCUT2D eigenvalue weighted by molar-refractivity contribution is 5.76. The van der Waals surface area contributed by atoms with Crippen LogP contribution < -0.4 is 10.6 Å². The molecule has 0 radical (unpaired) electrons. The van der Waals surface area contributed by atoms with E-state index in [1.54, 1.807) is 0 Å². The van der Waals surface area contributed by atoms with E-state index in [2.05, 4.69) is 22.6 Å². The van der Waals surface area contributed by atoms with Gasteiger partial charge in [-0.2, -0.15) is 0 Å². The summed E-state index contributed by atoms with van der Waals surface area (Å²) in [4.78, 5) is 25.2. The predicted molar refractivity (Wildman–Crippen MR) is 75.6 cm³/mol. The van der Waals surface area contributed by atoms with Crippen LogP contribution in [-0.2, 0) is 4.79 Å². The van der Waals surface area contributed by atoms with Crippen LogP contribution in [0.15, 0.2) is 0 Å². The van der Waals surface area contributed by atoms with Crippen LogP contribution in [0, 0.1) is 5.92 Å². The summed E-state index contributed by atoms with van der Waals surface area (Å²) in [5.41, 5.74) is -0.539. The van der Waals surface area contributed by atoms with Gasteiger partial charge in [0, 0.05) is 13.1 Å². The number of carboxylic acids is 1. The minimum Gasteiger partial charge on any atom is -0.481 e. The average Bonchev–Trinajstić information content (AvgIpc) is 2.95. The molecule has 0 bridgehead atoms. The van der Waals surface area contributed by atoms with E-state index in [-0.39, 0.29) is 12.5 Å². The van der Waals surface area contributed by atoms with Gasteiger partial charge in [-0.15, -0.1) is 0 Å². The van der Waals surface area contributed by atoms with Gasteiger partial charge >= 0.3 is 12.0 Å². The summed E-state index contributed by atoms with van der Waals surface area (Å²) in [5, 5.41) is 14.8. The Balaban J connectivity index is 1.78. The van der Waals surface area contributed by atoms with Crippen LogP contribution in [0.5, 0.6) is 0 Å². The molecule has 2 amide bonds. The van der Waals surface area contributed by atoms with Gasteiger partial charge in [0.05, 0.1) is 12.0 Å². The molecule has 0 aromatic rings. The van der Waals surface area contributed by atoms with Crippen molar-refractivity contribution >= 4 is 12.0 Å². The van der Waals surface area contributed by atoms with Crippen molar-refractivity contribution in [2.45, 2.75) is 44.1 Å². The fourth-order valence-electron chi connectivity index (χ4n) is 3.40. The second-order valence-corrected chi connectivity index (χ2v) is 6.31. The van der Waals surface area contributed by atoms with Crippen LogP contribution >= 0.6 is 0 Å². The normalized spacial score (nSPS) is 25.6. The van der Waals surface area contributed by atoms with Crippen LogP contribution in [0.25, 0.3) is 0 Å². The Morgan fingerprint density at radius 2 is 2.05 bits per heavy atom. The molecule has 1 unspecified atom stereocenters. The maximum atomic E-state index is 12.0. The Morgan fingerprint density at radius 1 is 1.35 bits per heavy atom. The van der Waals surface area contributed by atoms with Gasteiger partial charge in [0.2, 0.25) is 0 Å². The van der Waals surface area contributed by atoms with E-state index >= 15 is 0 Å². The number of carbonyl (C=O) groups excluding carboxylic acids is 1. The molecule has 20 heavy (non-hydrogen) atoms. The molecule has 1 saturated carbocycles. The molecule has 3 N–H and O–H groups in total. The molecule has 1 heterocycles. The number of hydrogen-bond donors (Lipinski definition) is 3. The van der Waals surface area contributed by atoms with E-state index < -0.39 is 11.5 Å². The second-order valence-electron chi connectivity index (χ2n) is 6.31. The standard InChI is InChI=1S/C14H25N3O3/c1-17-7-4-11(10-17)9-15-13(20)16-14(8-12(18)19)5-2-3-6-14/h11H,2-10H2,1H3,(H,18,19)(H2,15,16,20). The molecule has 1 aliphatic heterocycles. The minimum absolute atomic E-state index is 0.0204. The van der Waals surface area contributed by atoms with Gasteiger partial charge in [0.15, 0.2) is 0 Å². The molecule has 0 aromatic heterocycles. The lowest BCUT2D eigenvalue weighted by atomic mass is 9.93. The molecule has 0 spiro atoms. The monoisotopic (exact) mass is 283 g/mol. The number of carboxylic acid groups (broad SMARTS) is 1. The SMILES string of the molecule is CN1CCC(CNC(=O)NC2(CC(=O)O)CCCC2)C1. The molecule has 1 saturated heterocycles. The highest BCUT2D eigenvalue weighted by atomic mass is 16.4. The summed E-state index contributed by atoms with van der Waals surface area (Å²) >= 11 is 0. The van der Waals surface area contributed by atoms with E-state index in [1.165, 1.54) is 0 Å². The van der Waals surface area contributed by atoms with Gasteiger partial charge in [-0.3, -0.25) is 4.79 Å². The van der Waals surface area contributed by atoms with Crippen molar-refractivity contribution in [1.29, 1.82) is 0 Å². The molecule has 6 nitrogen and oxygen atoms in total. The van der Waals surface area contributed by atoms with Crippen LogP contribution in [-0.4, -0.2) is 54.2 Å². The molecule has 114 valence electrons. The Hall–Kier alpha value is -1.30. The molecule has 2 rings (SSSR count). The van der Waals surface area contributed by atoms with Gasteiger partial charge in [-0.1, -0.05) is 12.8 Å². The molecule has 1 atom stereocenters. The molecule has 1 aliphatic carbocycles. The van der Waals surface area contributed by atoms with Crippen molar-refractivity contribution in [2.75, 3.05) is 26.7 Å². The number of nitrogens with zero attached hydrogens (tertiary/aromatic N) is 1. The zero-order chi connectivity index (χ0) is 14.6. The molecule has 0 aromatic carbocycles. The van der Waals surface area contributed by atoms with Crippen molar-refractivity contribution in [2.24, 2.45) is 5.92 Å². The topological polar surface area (TPSA) is 81.7 Å². The highest BCUT2D eigenvalue weighted by Crippen LogP contribution is 2.32. The lowest BCUT2D eigenvalue weighted by Crippen LogP contribution is -2.52. The number of hydrogen-bond acceptors (Lipinski definition) is 3. The summed E-state index contributed by atoms with van der Waals surface area (Å²) in [6.07, 6.45) is 4.63. The number of carbonyl (C=O) groups is 2. The van der Waals surface area contributed by atoms with E-state index in [0.717, 1.165) is 45.2 Å². The third-order valence-electron chi connectivity index (χ3n) is 4.47. The maximum absolute atomic E-state index is 12.0. The maximum Gasteiger partial charge on any atom is 0.315 e. The largest absolute Gasteiger partial charge is 0.481 e. The molecule has 2 fully saturated rings. The van der Waals surface area contributed by atoms with Gasteiger partial charge in [0.25, 0.3) is 0 Å². The van der Waals surface area contributed by atoms with Crippen LogP contribution in [0.4, 0.5) is 4.79 Å². The Labute approximate surface area is 119 Å². The Bertz CT molecular complexity index is 367. The van der Waals surface area contributed by atoms with E-state index in [9.17, 15) is 9.59 Å². The fraction of sp³-hybridized carbons (Fsp3) is 0.857. The minimum atomic E-state index is -0.843.